The molecule has 1 aliphatic heterocycles. The molecule has 1 N–H and O–H groups in total. The monoisotopic (exact) mass is 307 g/mol. The second kappa shape index (κ2) is 5.57. The van der Waals surface area contributed by atoms with Gasteiger partial charge < -0.3 is 14.8 Å². The molecular formula is C17H13N3O3. The number of aromatic nitrogens is 2. The maximum Gasteiger partial charge on any atom is 0.276 e. The normalized spacial score (nSPS) is 12.9. The van der Waals surface area contributed by atoms with Crippen molar-refractivity contribution in [2.75, 3.05) is 18.5 Å². The fourth-order valence-electron chi connectivity index (χ4n) is 2.41. The highest BCUT2D eigenvalue weighted by atomic mass is 16.6. The molecule has 1 aromatic heterocycles. The van der Waals surface area contributed by atoms with Crippen LogP contribution in [0.1, 0.15) is 10.5 Å². The summed E-state index contributed by atoms with van der Waals surface area (Å²) in [6.07, 6.45) is 0. The van der Waals surface area contributed by atoms with Gasteiger partial charge in [-0.2, -0.15) is 0 Å². The van der Waals surface area contributed by atoms with Gasteiger partial charge in [0.2, 0.25) is 0 Å². The highest BCUT2D eigenvalue weighted by molar-refractivity contribution is 6.04. The van der Waals surface area contributed by atoms with E-state index in [1.54, 1.807) is 24.3 Å². The second-order valence-corrected chi connectivity index (χ2v) is 5.10. The number of nitrogens with one attached hydrogen (secondary N) is 1. The first-order valence-electron chi connectivity index (χ1n) is 7.23. The Bertz CT molecular complexity index is 895. The zero-order chi connectivity index (χ0) is 15.6. The van der Waals surface area contributed by atoms with Gasteiger partial charge in [-0.1, -0.05) is 18.2 Å². The Morgan fingerprint density at radius 2 is 1.78 bits per heavy atom. The van der Waals surface area contributed by atoms with Gasteiger partial charge in [0.1, 0.15) is 13.2 Å². The Kier molecular flexibility index (Phi) is 3.27. The lowest BCUT2D eigenvalue weighted by molar-refractivity contribution is 0.102. The lowest BCUT2D eigenvalue weighted by Crippen LogP contribution is -2.17. The quantitative estimate of drug-likeness (QED) is 0.788. The third-order valence-corrected chi connectivity index (χ3v) is 3.53. The summed E-state index contributed by atoms with van der Waals surface area (Å²) in [5, 5.41) is 11.7. The average Bonchev–Trinajstić information content (AvgIpc) is 2.61. The smallest absolute Gasteiger partial charge is 0.276 e. The molecule has 0 saturated carbocycles. The van der Waals surface area contributed by atoms with Crippen molar-refractivity contribution in [3.63, 3.8) is 0 Å². The van der Waals surface area contributed by atoms with Crippen LogP contribution in [0.25, 0.3) is 10.9 Å². The Morgan fingerprint density at radius 3 is 2.70 bits per heavy atom. The van der Waals surface area contributed by atoms with E-state index in [0.717, 1.165) is 10.9 Å². The van der Waals surface area contributed by atoms with Crippen molar-refractivity contribution in [3.05, 3.63) is 54.2 Å². The molecule has 0 atom stereocenters. The minimum absolute atomic E-state index is 0.263. The number of amides is 1. The molecule has 0 radical (unpaired) electrons. The molecule has 2 heterocycles. The Morgan fingerprint density at radius 1 is 0.957 bits per heavy atom. The number of carbonyl (C=O) groups excluding carboxylic acids is 1. The van der Waals surface area contributed by atoms with Gasteiger partial charge in [-0.3, -0.25) is 4.79 Å². The molecule has 2 aromatic carbocycles. The van der Waals surface area contributed by atoms with Gasteiger partial charge in [0, 0.05) is 17.1 Å². The van der Waals surface area contributed by atoms with Gasteiger partial charge in [-0.25, -0.2) is 0 Å². The molecule has 6 nitrogen and oxygen atoms in total. The maximum absolute atomic E-state index is 12.3. The van der Waals surface area contributed by atoms with Gasteiger partial charge in [-0.15, -0.1) is 10.2 Å². The molecule has 23 heavy (non-hydrogen) atoms. The number of nitrogens with zero attached hydrogens (tertiary/aromatic N) is 2. The number of rotatable bonds is 2. The number of fused-ring (bicyclic) bond motifs is 2. The van der Waals surface area contributed by atoms with Gasteiger partial charge >= 0.3 is 0 Å². The number of ether oxygens (including phenoxy) is 2. The van der Waals surface area contributed by atoms with Crippen molar-refractivity contribution < 1.29 is 14.3 Å². The van der Waals surface area contributed by atoms with Crippen LogP contribution in [-0.4, -0.2) is 29.3 Å². The maximum atomic E-state index is 12.3. The molecule has 0 saturated heterocycles. The Hall–Kier alpha value is -3.15. The van der Waals surface area contributed by atoms with Crippen molar-refractivity contribution in [1.82, 2.24) is 10.2 Å². The van der Waals surface area contributed by atoms with Crippen LogP contribution in [0.15, 0.2) is 48.5 Å². The van der Waals surface area contributed by atoms with Gasteiger partial charge in [0.15, 0.2) is 17.2 Å². The minimum Gasteiger partial charge on any atom is -0.486 e. The summed E-state index contributed by atoms with van der Waals surface area (Å²) < 4.78 is 11.0. The van der Waals surface area contributed by atoms with Gasteiger partial charge in [-0.05, 0) is 24.3 Å². The third-order valence-electron chi connectivity index (χ3n) is 3.53. The Balaban J connectivity index is 1.59. The van der Waals surface area contributed by atoms with Crippen molar-refractivity contribution in [3.8, 4) is 11.5 Å². The largest absolute Gasteiger partial charge is 0.486 e. The van der Waals surface area contributed by atoms with E-state index < -0.39 is 0 Å². The molecular weight excluding hydrogens is 294 g/mol. The number of carbonyl (C=O) groups is 1. The molecule has 0 fully saturated rings. The minimum atomic E-state index is -0.320. The molecule has 114 valence electrons. The summed E-state index contributed by atoms with van der Waals surface area (Å²) in [6, 6.07) is 14.5. The fraction of sp³-hybridized carbons (Fsp3) is 0.118. The SMILES string of the molecule is O=C(Nc1ccc2c(c1)OCCO2)c1cc2ccccc2nn1. The number of hydrogen-bond donors (Lipinski definition) is 1. The van der Waals surface area contributed by atoms with Crippen LogP contribution in [0.5, 0.6) is 11.5 Å². The summed E-state index contributed by atoms with van der Waals surface area (Å²) in [4.78, 5) is 12.3. The average molecular weight is 307 g/mol. The van der Waals surface area contributed by atoms with Crippen LogP contribution in [0.2, 0.25) is 0 Å². The van der Waals surface area contributed by atoms with Gasteiger partial charge in [0.05, 0.1) is 5.52 Å². The van der Waals surface area contributed by atoms with Crippen LogP contribution < -0.4 is 14.8 Å². The molecule has 0 bridgehead atoms. The predicted molar refractivity (Wildman–Crippen MR) is 84.9 cm³/mol. The molecule has 1 amide bonds. The highest BCUT2D eigenvalue weighted by Crippen LogP contribution is 2.32. The van der Waals surface area contributed by atoms with Crippen molar-refractivity contribution in [2.45, 2.75) is 0 Å². The van der Waals surface area contributed by atoms with E-state index in [-0.39, 0.29) is 11.6 Å². The van der Waals surface area contributed by atoms with Crippen LogP contribution >= 0.6 is 0 Å². The summed E-state index contributed by atoms with van der Waals surface area (Å²) in [6.45, 7) is 1.03. The Labute approximate surface area is 132 Å². The first-order valence-corrected chi connectivity index (χ1v) is 7.23. The van der Waals surface area contributed by atoms with Crippen LogP contribution in [0, 0.1) is 0 Å². The molecule has 0 unspecified atom stereocenters. The molecule has 3 aromatic rings. The number of hydrogen-bond acceptors (Lipinski definition) is 5. The lowest BCUT2D eigenvalue weighted by Gasteiger charge is -2.18. The second-order valence-electron chi connectivity index (χ2n) is 5.10. The van der Waals surface area contributed by atoms with Crippen molar-refractivity contribution >= 4 is 22.5 Å². The predicted octanol–water partition coefficient (Wildman–Crippen LogP) is 2.65. The van der Waals surface area contributed by atoms with E-state index in [4.69, 9.17) is 9.47 Å². The topological polar surface area (TPSA) is 73.3 Å². The zero-order valence-electron chi connectivity index (χ0n) is 12.2. The first-order chi connectivity index (χ1) is 11.3. The molecule has 6 heteroatoms. The van der Waals surface area contributed by atoms with Crippen molar-refractivity contribution in [1.29, 1.82) is 0 Å². The van der Waals surface area contributed by atoms with Crippen molar-refractivity contribution in [2.24, 2.45) is 0 Å². The fourth-order valence-corrected chi connectivity index (χ4v) is 2.41. The highest BCUT2D eigenvalue weighted by Gasteiger charge is 2.14. The van der Waals surface area contributed by atoms with E-state index >= 15 is 0 Å². The van der Waals surface area contributed by atoms with E-state index in [9.17, 15) is 4.79 Å². The van der Waals surface area contributed by atoms with E-state index in [1.807, 2.05) is 24.3 Å². The molecule has 4 rings (SSSR count). The van der Waals surface area contributed by atoms with E-state index in [1.165, 1.54) is 0 Å². The lowest BCUT2D eigenvalue weighted by atomic mass is 10.2. The van der Waals surface area contributed by atoms with Crippen LogP contribution in [-0.2, 0) is 0 Å². The standard InChI is InChI=1S/C17H13N3O3/c21-17(14-9-11-3-1-2-4-13(11)19-20-14)18-12-5-6-15-16(10-12)23-8-7-22-15/h1-6,9-10H,7-8H2,(H,18,21). The van der Waals surface area contributed by atoms with Crippen LogP contribution in [0.4, 0.5) is 5.69 Å². The van der Waals surface area contributed by atoms with Crippen LogP contribution in [0.3, 0.4) is 0 Å². The van der Waals surface area contributed by atoms with E-state index in [2.05, 4.69) is 15.5 Å². The summed E-state index contributed by atoms with van der Waals surface area (Å²) in [7, 11) is 0. The molecule has 1 aliphatic rings. The number of benzene rings is 2. The van der Waals surface area contributed by atoms with E-state index in [0.29, 0.717) is 30.4 Å². The number of anilines is 1. The summed E-state index contributed by atoms with van der Waals surface area (Å²) in [5.74, 6) is 0.985. The molecule has 0 spiro atoms. The summed E-state index contributed by atoms with van der Waals surface area (Å²) in [5.41, 5.74) is 1.64. The summed E-state index contributed by atoms with van der Waals surface area (Å²) >= 11 is 0. The molecule has 0 aliphatic carbocycles. The zero-order valence-corrected chi connectivity index (χ0v) is 12.2. The third kappa shape index (κ3) is 2.66. The van der Waals surface area contributed by atoms with Gasteiger partial charge in [0.25, 0.3) is 5.91 Å². The first kappa shape index (κ1) is 13.5.